The number of allylic oxidation sites excluding steroid dienone is 4. The molecular weight excluding hydrogens is 363 g/mol. The van der Waals surface area contributed by atoms with Crippen molar-refractivity contribution in [3.63, 3.8) is 0 Å². The van der Waals surface area contributed by atoms with E-state index in [-0.39, 0.29) is 30.0 Å². The number of hydrogen-bond acceptors (Lipinski definition) is 5. The number of carbonyl (C=O) groups excluding carboxylic acids is 2. The van der Waals surface area contributed by atoms with Crippen LogP contribution in [-0.2, 0) is 9.59 Å². The molecule has 5 nitrogen and oxygen atoms in total. The summed E-state index contributed by atoms with van der Waals surface area (Å²) in [4.78, 5) is 24.4. The quantitative estimate of drug-likeness (QED) is 0.669. The highest BCUT2D eigenvalue weighted by Gasteiger charge is 2.70. The lowest BCUT2D eigenvalue weighted by molar-refractivity contribution is -0.185. The molecule has 0 aliphatic heterocycles. The Kier molecular flexibility index (Phi) is 4.32. The van der Waals surface area contributed by atoms with Gasteiger partial charge in [0.05, 0.1) is 6.10 Å². The molecule has 0 bridgehead atoms. The van der Waals surface area contributed by atoms with Crippen LogP contribution in [0.5, 0.6) is 0 Å². The first-order valence-corrected chi connectivity index (χ1v) is 10.2. The number of halogens is 1. The van der Waals surface area contributed by atoms with Crippen molar-refractivity contribution >= 4 is 11.6 Å². The van der Waals surface area contributed by atoms with Gasteiger partial charge in [-0.25, -0.2) is 4.39 Å². The molecule has 0 aromatic carbocycles. The van der Waals surface area contributed by atoms with Crippen molar-refractivity contribution in [2.75, 3.05) is 6.61 Å². The average Bonchev–Trinajstić information content (AvgIpc) is 2.83. The van der Waals surface area contributed by atoms with Crippen LogP contribution in [0, 0.1) is 34.5 Å². The van der Waals surface area contributed by atoms with Gasteiger partial charge in [-0.1, -0.05) is 19.4 Å². The molecule has 0 aromatic rings. The van der Waals surface area contributed by atoms with Crippen LogP contribution < -0.4 is 0 Å². The Morgan fingerprint density at radius 1 is 1.32 bits per heavy atom. The van der Waals surface area contributed by atoms with Crippen molar-refractivity contribution in [1.82, 2.24) is 0 Å². The van der Waals surface area contributed by atoms with Crippen molar-refractivity contribution in [3.05, 3.63) is 23.6 Å². The molecule has 0 heterocycles. The normalized spacial score (nSPS) is 50.2. The molecule has 6 heteroatoms. The summed E-state index contributed by atoms with van der Waals surface area (Å²) in [6.45, 7) is 4.67. The molecule has 3 saturated carbocycles. The highest BCUT2D eigenvalue weighted by atomic mass is 19.1. The monoisotopic (exact) mass is 392 g/mol. The number of Topliss-reactive ketones (excluding diaryl/α,β-unsaturated/α-hetero) is 1. The zero-order chi connectivity index (χ0) is 20.6. The van der Waals surface area contributed by atoms with Gasteiger partial charge in [0.2, 0.25) is 0 Å². The van der Waals surface area contributed by atoms with E-state index in [4.69, 9.17) is 0 Å². The molecule has 0 radical (unpaired) electrons. The van der Waals surface area contributed by atoms with Gasteiger partial charge in [0.15, 0.2) is 11.6 Å². The average molecular weight is 392 g/mol. The van der Waals surface area contributed by atoms with Gasteiger partial charge in [-0.05, 0) is 56.4 Å². The molecular formula is C22H29FO5. The van der Waals surface area contributed by atoms with Crippen LogP contribution in [0.4, 0.5) is 4.39 Å². The highest BCUT2D eigenvalue weighted by molar-refractivity contribution is 6.01. The maximum atomic E-state index is 15.1. The molecule has 8 atom stereocenters. The number of aliphatic hydroxyl groups excluding tert-OH is 2. The zero-order valence-electron chi connectivity index (χ0n) is 16.6. The number of fused-ring (bicyclic) bond motifs is 5. The van der Waals surface area contributed by atoms with E-state index in [0.717, 1.165) is 11.6 Å². The predicted octanol–water partition coefficient (Wildman–Crippen LogP) is 2.10. The van der Waals surface area contributed by atoms with E-state index < -0.39 is 46.7 Å². The van der Waals surface area contributed by atoms with Gasteiger partial charge in [-0.15, -0.1) is 0 Å². The molecule has 0 aromatic heterocycles. The summed E-state index contributed by atoms with van der Waals surface area (Å²) in [6.07, 6.45) is 3.60. The zero-order valence-corrected chi connectivity index (χ0v) is 16.6. The second kappa shape index (κ2) is 6.07. The van der Waals surface area contributed by atoms with Crippen LogP contribution in [0.2, 0.25) is 0 Å². The fourth-order valence-electron chi connectivity index (χ4n) is 7.43. The third-order valence-electron chi connectivity index (χ3n) is 8.77. The Hall–Kier alpha value is -1.37. The minimum atomic E-state index is -1.70. The van der Waals surface area contributed by atoms with E-state index in [1.807, 2.05) is 13.8 Å². The molecule has 3 N–H and O–H groups in total. The minimum Gasteiger partial charge on any atom is -0.393 e. The van der Waals surface area contributed by atoms with Crippen molar-refractivity contribution in [3.8, 4) is 0 Å². The van der Waals surface area contributed by atoms with Crippen LogP contribution in [0.25, 0.3) is 0 Å². The number of hydrogen-bond donors (Lipinski definition) is 3. The first kappa shape index (κ1) is 19.9. The van der Waals surface area contributed by atoms with Crippen LogP contribution in [0.1, 0.15) is 46.5 Å². The van der Waals surface area contributed by atoms with Gasteiger partial charge in [-0.3, -0.25) is 9.59 Å². The lowest BCUT2D eigenvalue weighted by Crippen LogP contribution is -2.63. The molecule has 0 unspecified atom stereocenters. The maximum absolute atomic E-state index is 15.1. The first-order valence-electron chi connectivity index (χ1n) is 10.2. The van der Waals surface area contributed by atoms with E-state index in [9.17, 15) is 24.9 Å². The topological polar surface area (TPSA) is 94.8 Å². The van der Waals surface area contributed by atoms with Crippen molar-refractivity contribution < 1.29 is 29.3 Å². The lowest BCUT2D eigenvalue weighted by atomic mass is 9.46. The Morgan fingerprint density at radius 3 is 2.64 bits per heavy atom. The Bertz CT molecular complexity index is 803. The molecule has 28 heavy (non-hydrogen) atoms. The fraction of sp³-hybridized carbons (Fsp3) is 0.727. The predicted molar refractivity (Wildman–Crippen MR) is 99.6 cm³/mol. The second-order valence-corrected chi connectivity index (χ2v) is 9.77. The highest BCUT2D eigenvalue weighted by Crippen LogP contribution is 2.69. The van der Waals surface area contributed by atoms with Crippen LogP contribution in [-0.4, -0.2) is 45.2 Å². The van der Waals surface area contributed by atoms with Crippen molar-refractivity contribution in [2.45, 2.75) is 58.2 Å². The lowest BCUT2D eigenvalue weighted by Gasteiger charge is -2.59. The number of rotatable bonds is 2. The molecule has 4 aliphatic rings. The molecule has 4 rings (SSSR count). The van der Waals surface area contributed by atoms with Gasteiger partial charge in [0, 0.05) is 22.8 Å². The summed E-state index contributed by atoms with van der Waals surface area (Å²) in [5, 5.41) is 32.1. The summed E-state index contributed by atoms with van der Waals surface area (Å²) in [5.41, 5.74) is -2.88. The summed E-state index contributed by atoms with van der Waals surface area (Å²) < 4.78 is 15.1. The van der Waals surface area contributed by atoms with Crippen LogP contribution in [0.3, 0.4) is 0 Å². The third kappa shape index (κ3) is 2.17. The van der Waals surface area contributed by atoms with Gasteiger partial charge in [0.1, 0.15) is 18.0 Å². The standard InChI is InChI=1S/C22H29FO5/c1-11-6-15-14-5-4-12-7-13(25)8-17(23)21(12,3)19(14)16(26)9-20(15,2)22(11,28)18(27)10-24/h7-8,11,14-16,19,24,26,28H,4-6,9-10H2,1-3H3/t11-,14+,15+,16+,19+,20+,21+,22+/m1/s1. The smallest absolute Gasteiger partial charge is 0.190 e. The van der Waals surface area contributed by atoms with Gasteiger partial charge in [0.25, 0.3) is 0 Å². The van der Waals surface area contributed by atoms with Gasteiger partial charge in [-0.2, -0.15) is 0 Å². The van der Waals surface area contributed by atoms with Crippen molar-refractivity contribution in [1.29, 1.82) is 0 Å². The summed E-state index contributed by atoms with van der Waals surface area (Å²) >= 11 is 0. The van der Waals surface area contributed by atoms with E-state index in [0.29, 0.717) is 19.3 Å². The van der Waals surface area contributed by atoms with E-state index >= 15 is 4.39 Å². The molecule has 3 fully saturated rings. The maximum Gasteiger partial charge on any atom is 0.190 e. The van der Waals surface area contributed by atoms with Crippen LogP contribution >= 0.6 is 0 Å². The van der Waals surface area contributed by atoms with Gasteiger partial charge >= 0.3 is 0 Å². The minimum absolute atomic E-state index is 0.0693. The van der Waals surface area contributed by atoms with E-state index in [1.54, 1.807) is 6.92 Å². The molecule has 0 amide bonds. The van der Waals surface area contributed by atoms with Gasteiger partial charge < -0.3 is 15.3 Å². The molecule has 0 saturated heterocycles. The number of ketones is 2. The summed E-state index contributed by atoms with van der Waals surface area (Å²) in [7, 11) is 0. The number of aliphatic hydroxyl groups is 3. The Balaban J connectivity index is 1.80. The number of carbonyl (C=O) groups is 2. The Labute approximate surface area is 164 Å². The molecule has 0 spiro atoms. The van der Waals surface area contributed by atoms with E-state index in [2.05, 4.69) is 0 Å². The SMILES string of the molecule is C[C@@H]1C[C@H]2[C@@H]3CCC4=CC(=O)C=C(F)[C@@]4(C)[C@@H]3[C@@H](O)C[C@]2(C)[C@@]1(O)C(=O)CO. The Morgan fingerprint density at radius 2 is 2.00 bits per heavy atom. The second-order valence-electron chi connectivity index (χ2n) is 9.77. The largest absolute Gasteiger partial charge is 0.393 e. The first-order chi connectivity index (χ1) is 13.0. The third-order valence-corrected chi connectivity index (χ3v) is 8.77. The molecule has 4 aliphatic carbocycles. The summed E-state index contributed by atoms with van der Waals surface area (Å²) in [6, 6.07) is 0. The molecule has 154 valence electrons. The van der Waals surface area contributed by atoms with E-state index in [1.165, 1.54) is 6.08 Å². The van der Waals surface area contributed by atoms with Crippen molar-refractivity contribution in [2.24, 2.45) is 34.5 Å². The fourth-order valence-corrected chi connectivity index (χ4v) is 7.43. The summed E-state index contributed by atoms with van der Waals surface area (Å²) in [5.74, 6) is -2.37. The van der Waals surface area contributed by atoms with Crippen LogP contribution in [0.15, 0.2) is 23.6 Å².